The average Bonchev–Trinajstić information content (AvgIpc) is 2.18. The minimum absolute atomic E-state index is 0.153. The highest BCUT2D eigenvalue weighted by Gasteiger charge is 2.08. The number of halogens is 1. The van der Waals surface area contributed by atoms with Crippen LogP contribution in [-0.4, -0.2) is 12.6 Å². The molecule has 0 aliphatic carbocycles. The molecule has 0 N–H and O–H groups in total. The molecule has 0 aromatic heterocycles. The monoisotopic (exact) mass is 300 g/mol. The zero-order valence-corrected chi connectivity index (χ0v) is 9.87. The Morgan fingerprint density at radius 2 is 2.21 bits per heavy atom. The predicted octanol–water partition coefficient (Wildman–Crippen LogP) is 2.47. The van der Waals surface area contributed by atoms with Crippen LogP contribution in [0.25, 0.3) is 0 Å². The van der Waals surface area contributed by atoms with Gasteiger partial charge in [0.1, 0.15) is 0 Å². The van der Waals surface area contributed by atoms with Crippen molar-refractivity contribution in [3.8, 4) is 11.8 Å². The molecule has 0 amide bonds. The molecule has 0 bridgehead atoms. The molecule has 0 unspecified atom stereocenters. The SMILES string of the molecule is CC#CCOC(=O)c1ccccc1I. The molecular formula is C11H9IO2. The molecule has 2 nitrogen and oxygen atoms in total. The van der Waals surface area contributed by atoms with Crippen molar-refractivity contribution in [2.45, 2.75) is 6.92 Å². The summed E-state index contributed by atoms with van der Waals surface area (Å²) in [6.07, 6.45) is 0. The lowest BCUT2D eigenvalue weighted by atomic mass is 10.2. The second-order valence-electron chi connectivity index (χ2n) is 2.48. The van der Waals surface area contributed by atoms with Gasteiger partial charge in [-0.25, -0.2) is 4.79 Å². The second-order valence-corrected chi connectivity index (χ2v) is 3.64. The minimum Gasteiger partial charge on any atom is -0.449 e. The van der Waals surface area contributed by atoms with Crippen molar-refractivity contribution < 1.29 is 9.53 Å². The Balaban J connectivity index is 2.68. The summed E-state index contributed by atoms with van der Waals surface area (Å²) >= 11 is 2.10. The first kappa shape index (κ1) is 11.1. The third-order valence-electron chi connectivity index (χ3n) is 1.55. The van der Waals surface area contributed by atoms with Gasteiger partial charge in [-0.15, -0.1) is 5.92 Å². The fourth-order valence-corrected chi connectivity index (χ4v) is 1.49. The van der Waals surface area contributed by atoms with Crippen LogP contribution in [0, 0.1) is 15.4 Å². The number of benzene rings is 1. The lowest BCUT2D eigenvalue weighted by Crippen LogP contribution is -2.06. The zero-order chi connectivity index (χ0) is 10.4. The molecule has 1 aromatic rings. The molecule has 0 saturated heterocycles. The van der Waals surface area contributed by atoms with E-state index >= 15 is 0 Å². The molecule has 0 spiro atoms. The van der Waals surface area contributed by atoms with Crippen LogP contribution in [0.3, 0.4) is 0 Å². The number of rotatable bonds is 2. The number of esters is 1. The summed E-state index contributed by atoms with van der Waals surface area (Å²) in [5.74, 6) is 5.01. The first-order valence-electron chi connectivity index (χ1n) is 4.07. The van der Waals surface area contributed by atoms with Crippen molar-refractivity contribution >= 4 is 28.6 Å². The molecule has 1 aromatic carbocycles. The minimum atomic E-state index is -0.322. The van der Waals surface area contributed by atoms with Gasteiger partial charge in [-0.1, -0.05) is 18.1 Å². The number of carbonyl (C=O) groups is 1. The molecule has 0 heterocycles. The summed E-state index contributed by atoms with van der Waals surface area (Å²) in [4.78, 5) is 11.4. The van der Waals surface area contributed by atoms with E-state index in [9.17, 15) is 4.79 Å². The van der Waals surface area contributed by atoms with Gasteiger partial charge in [-0.3, -0.25) is 0 Å². The molecule has 3 heteroatoms. The van der Waals surface area contributed by atoms with Crippen LogP contribution in [0.1, 0.15) is 17.3 Å². The summed E-state index contributed by atoms with van der Waals surface area (Å²) in [5, 5.41) is 0. The highest BCUT2D eigenvalue weighted by atomic mass is 127. The summed E-state index contributed by atoms with van der Waals surface area (Å²) < 4.78 is 5.82. The Morgan fingerprint density at radius 1 is 1.50 bits per heavy atom. The summed E-state index contributed by atoms with van der Waals surface area (Å²) in [5.41, 5.74) is 0.589. The largest absolute Gasteiger partial charge is 0.449 e. The first-order chi connectivity index (χ1) is 6.75. The van der Waals surface area contributed by atoms with Gasteiger partial charge in [0, 0.05) is 3.57 Å². The van der Waals surface area contributed by atoms with E-state index in [1.54, 1.807) is 13.0 Å². The number of carbonyl (C=O) groups excluding carboxylic acids is 1. The molecule has 0 saturated carbocycles. The fourth-order valence-electron chi connectivity index (χ4n) is 0.878. The van der Waals surface area contributed by atoms with Crippen LogP contribution in [0.5, 0.6) is 0 Å². The van der Waals surface area contributed by atoms with Crippen LogP contribution in [0.2, 0.25) is 0 Å². The van der Waals surface area contributed by atoms with Crippen molar-refractivity contribution in [3.63, 3.8) is 0 Å². The summed E-state index contributed by atoms with van der Waals surface area (Å²) in [6, 6.07) is 7.29. The Labute approximate surface area is 96.8 Å². The van der Waals surface area contributed by atoms with Crippen LogP contribution in [0.4, 0.5) is 0 Å². The van der Waals surface area contributed by atoms with Gasteiger partial charge in [0.15, 0.2) is 6.61 Å². The lowest BCUT2D eigenvalue weighted by molar-refractivity contribution is 0.0555. The van der Waals surface area contributed by atoms with E-state index in [1.165, 1.54) is 0 Å². The van der Waals surface area contributed by atoms with E-state index in [4.69, 9.17) is 4.74 Å². The molecular weight excluding hydrogens is 291 g/mol. The lowest BCUT2D eigenvalue weighted by Gasteiger charge is -2.02. The molecule has 0 aliphatic rings. The zero-order valence-electron chi connectivity index (χ0n) is 7.71. The summed E-state index contributed by atoms with van der Waals surface area (Å²) in [7, 11) is 0. The highest BCUT2D eigenvalue weighted by Crippen LogP contribution is 2.12. The fraction of sp³-hybridized carbons (Fsp3) is 0.182. The molecule has 1 rings (SSSR count). The Kier molecular flexibility index (Phi) is 4.47. The third kappa shape index (κ3) is 3.04. The number of ether oxygens (including phenoxy) is 1. The third-order valence-corrected chi connectivity index (χ3v) is 2.49. The van der Waals surface area contributed by atoms with Crippen molar-refractivity contribution in [1.29, 1.82) is 0 Å². The van der Waals surface area contributed by atoms with E-state index in [-0.39, 0.29) is 12.6 Å². The molecule has 0 aliphatic heterocycles. The Bertz CT molecular complexity index is 388. The van der Waals surface area contributed by atoms with Crippen LogP contribution in [-0.2, 0) is 4.74 Å². The van der Waals surface area contributed by atoms with Crippen molar-refractivity contribution in [1.82, 2.24) is 0 Å². The van der Waals surface area contributed by atoms with Gasteiger partial charge in [0.2, 0.25) is 0 Å². The van der Waals surface area contributed by atoms with Gasteiger partial charge in [0.05, 0.1) is 5.56 Å². The van der Waals surface area contributed by atoms with Gasteiger partial charge in [-0.2, -0.15) is 0 Å². The van der Waals surface area contributed by atoms with Crippen molar-refractivity contribution in [2.75, 3.05) is 6.61 Å². The van der Waals surface area contributed by atoms with Gasteiger partial charge in [-0.05, 0) is 41.6 Å². The van der Waals surface area contributed by atoms with Crippen molar-refractivity contribution in [3.05, 3.63) is 33.4 Å². The normalized spacial score (nSPS) is 8.71. The van der Waals surface area contributed by atoms with E-state index in [2.05, 4.69) is 34.4 Å². The van der Waals surface area contributed by atoms with E-state index < -0.39 is 0 Å². The maximum absolute atomic E-state index is 11.4. The average molecular weight is 300 g/mol. The molecule has 0 radical (unpaired) electrons. The quantitative estimate of drug-likeness (QED) is 0.476. The second kappa shape index (κ2) is 5.66. The van der Waals surface area contributed by atoms with Gasteiger partial charge >= 0.3 is 5.97 Å². The van der Waals surface area contributed by atoms with E-state index in [0.29, 0.717) is 5.56 Å². The molecule has 0 atom stereocenters. The maximum atomic E-state index is 11.4. The first-order valence-corrected chi connectivity index (χ1v) is 5.15. The smallest absolute Gasteiger partial charge is 0.340 e. The summed E-state index contributed by atoms with van der Waals surface area (Å²) in [6.45, 7) is 1.86. The van der Waals surface area contributed by atoms with E-state index in [0.717, 1.165) is 3.57 Å². The molecule has 0 fully saturated rings. The van der Waals surface area contributed by atoms with Crippen LogP contribution in [0.15, 0.2) is 24.3 Å². The highest BCUT2D eigenvalue weighted by molar-refractivity contribution is 14.1. The van der Waals surface area contributed by atoms with Crippen LogP contribution >= 0.6 is 22.6 Å². The van der Waals surface area contributed by atoms with Gasteiger partial charge in [0.25, 0.3) is 0 Å². The van der Waals surface area contributed by atoms with Crippen molar-refractivity contribution in [2.24, 2.45) is 0 Å². The van der Waals surface area contributed by atoms with Gasteiger partial charge < -0.3 is 4.74 Å². The predicted molar refractivity (Wildman–Crippen MR) is 62.9 cm³/mol. The number of hydrogen-bond donors (Lipinski definition) is 0. The molecule has 72 valence electrons. The Morgan fingerprint density at radius 3 is 2.86 bits per heavy atom. The topological polar surface area (TPSA) is 26.3 Å². The number of hydrogen-bond acceptors (Lipinski definition) is 2. The molecule has 14 heavy (non-hydrogen) atoms. The Hall–Kier alpha value is -1.02. The maximum Gasteiger partial charge on any atom is 0.340 e. The standard InChI is InChI=1S/C11H9IO2/c1-2-3-8-14-11(13)9-6-4-5-7-10(9)12/h4-7H,8H2,1H3. The van der Waals surface area contributed by atoms with Crippen LogP contribution < -0.4 is 0 Å². The van der Waals surface area contributed by atoms with E-state index in [1.807, 2.05) is 18.2 Å².